The van der Waals surface area contributed by atoms with Gasteiger partial charge in [-0.15, -0.1) is 0 Å². The van der Waals surface area contributed by atoms with E-state index < -0.39 is 10.8 Å². The lowest BCUT2D eigenvalue weighted by atomic mass is 9.66. The maximum absolute atomic E-state index is 2.57. The number of hydrogen-bond acceptors (Lipinski definition) is 2. The summed E-state index contributed by atoms with van der Waals surface area (Å²) in [6.07, 6.45) is 0. The van der Waals surface area contributed by atoms with Gasteiger partial charge in [-0.25, -0.2) is 0 Å². The van der Waals surface area contributed by atoms with E-state index in [9.17, 15) is 0 Å². The van der Waals surface area contributed by atoms with Crippen molar-refractivity contribution in [2.75, 3.05) is 9.80 Å². The molecule has 2 nitrogen and oxygen atoms in total. The molecule has 0 N–H and O–H groups in total. The minimum atomic E-state index is -0.717. The average Bonchev–Trinajstić information content (AvgIpc) is 1.49. The molecule has 0 heterocycles. The third kappa shape index (κ3) is 5.97. The van der Waals surface area contributed by atoms with Crippen LogP contribution < -0.4 is 9.80 Å². The first-order valence-electron chi connectivity index (χ1n) is 28.7. The summed E-state index contributed by atoms with van der Waals surface area (Å²) >= 11 is 0. The van der Waals surface area contributed by atoms with Crippen LogP contribution >= 0.6 is 0 Å². The van der Waals surface area contributed by atoms with Crippen LogP contribution in [0.3, 0.4) is 0 Å². The van der Waals surface area contributed by atoms with Crippen LogP contribution in [0.4, 0.5) is 34.1 Å². The topological polar surface area (TPSA) is 6.48 Å². The van der Waals surface area contributed by atoms with Gasteiger partial charge in [-0.05, 0) is 194 Å². The zero-order valence-electron chi connectivity index (χ0n) is 44.8. The molecule has 4 aliphatic carbocycles. The SMILES string of the molecule is c1ccc(N(c2ccc3c(c2)C2=C(c4cc(N(c5ccccc5)c5ccc6ccccc6c5)ccc4C24c2ccccc2-c2c4ccc4ccccc24)C32c3ccccc3-c3c2ccc2ccccc32)c2ccc3ccccc3c2)cc1. The van der Waals surface area contributed by atoms with Crippen LogP contribution in [-0.2, 0) is 10.8 Å². The fourth-order valence-electron chi connectivity index (χ4n) is 15.6. The van der Waals surface area contributed by atoms with Crippen molar-refractivity contribution in [1.29, 1.82) is 0 Å². The van der Waals surface area contributed by atoms with Crippen LogP contribution in [0.1, 0.15) is 44.5 Å². The fourth-order valence-corrected chi connectivity index (χ4v) is 15.6. The Bertz CT molecular complexity index is 4750. The Morgan fingerprint density at radius 2 is 0.512 bits per heavy atom. The number of fused-ring (bicyclic) bond motifs is 24. The van der Waals surface area contributed by atoms with Crippen molar-refractivity contribution < 1.29 is 0 Å². The van der Waals surface area contributed by atoms with Crippen LogP contribution in [0.5, 0.6) is 0 Å². The molecule has 2 heteroatoms. The predicted molar refractivity (Wildman–Crippen MR) is 343 cm³/mol. The van der Waals surface area contributed by atoms with E-state index in [4.69, 9.17) is 0 Å². The van der Waals surface area contributed by atoms with Gasteiger partial charge in [0.25, 0.3) is 0 Å². The number of para-hydroxylation sites is 2. The average molecular weight is 1040 g/mol. The van der Waals surface area contributed by atoms with E-state index in [-0.39, 0.29) is 0 Å². The summed E-state index contributed by atoms with van der Waals surface area (Å²) < 4.78 is 0. The first kappa shape index (κ1) is 45.3. The molecular formula is C80H50N2. The minimum absolute atomic E-state index is 0.717. The van der Waals surface area contributed by atoms with E-state index in [0.717, 1.165) is 34.1 Å². The standard InChI is InChI=1S/C80H50N2/c1-3-25-57(26-4-1)81(59-39-35-51-19-7-9-23-55(51)47-59)61-41-45-71-67(49-61)77-78(79(71)69-33-17-15-31-65(69)75-63-29-13-11-21-53(63)37-43-73(75)79)68-50-62(82(58-27-5-2-6-28-58)60-40-36-52-20-8-10-24-56(52)48-60)42-46-72(68)80(77)70-34-18-16-32-66(70)76-64-30-14-12-22-54(64)38-44-74(76)80/h1-50H. The Morgan fingerprint density at radius 3 is 0.963 bits per heavy atom. The van der Waals surface area contributed by atoms with Gasteiger partial charge < -0.3 is 9.80 Å². The molecule has 0 aromatic heterocycles. The highest BCUT2D eigenvalue weighted by Gasteiger charge is 2.64. The Kier molecular flexibility index (Phi) is 9.39. The van der Waals surface area contributed by atoms with Gasteiger partial charge in [-0.1, -0.05) is 231 Å². The molecule has 14 aromatic rings. The van der Waals surface area contributed by atoms with Gasteiger partial charge in [0.1, 0.15) is 0 Å². The second-order valence-electron chi connectivity index (χ2n) is 22.6. The van der Waals surface area contributed by atoms with Gasteiger partial charge in [0.15, 0.2) is 0 Å². The van der Waals surface area contributed by atoms with Crippen molar-refractivity contribution in [2.45, 2.75) is 10.8 Å². The van der Waals surface area contributed by atoms with Crippen molar-refractivity contribution >= 4 is 88.4 Å². The third-order valence-corrected chi connectivity index (χ3v) is 18.7. The van der Waals surface area contributed by atoms with Crippen LogP contribution in [0, 0.1) is 0 Å². The number of rotatable bonds is 6. The van der Waals surface area contributed by atoms with Crippen molar-refractivity contribution in [3.05, 3.63) is 348 Å². The molecular weight excluding hydrogens is 989 g/mol. The van der Waals surface area contributed by atoms with E-state index in [2.05, 4.69) is 313 Å². The molecule has 0 saturated heterocycles. The van der Waals surface area contributed by atoms with Crippen molar-refractivity contribution in [2.24, 2.45) is 0 Å². The molecule has 82 heavy (non-hydrogen) atoms. The molecule has 18 rings (SSSR count). The molecule has 2 atom stereocenters. The molecule has 0 saturated carbocycles. The van der Waals surface area contributed by atoms with E-state index >= 15 is 0 Å². The molecule has 0 radical (unpaired) electrons. The first-order valence-corrected chi connectivity index (χ1v) is 28.7. The predicted octanol–water partition coefficient (Wildman–Crippen LogP) is 20.8. The van der Waals surface area contributed by atoms with Crippen molar-refractivity contribution in [1.82, 2.24) is 0 Å². The largest absolute Gasteiger partial charge is 0.310 e. The number of allylic oxidation sites excluding steroid dienone is 2. The van der Waals surface area contributed by atoms with E-state index in [1.165, 1.54) is 121 Å². The molecule has 2 unspecified atom stereocenters. The van der Waals surface area contributed by atoms with Crippen molar-refractivity contribution in [3.8, 4) is 22.3 Å². The van der Waals surface area contributed by atoms with Crippen LogP contribution in [0.2, 0.25) is 0 Å². The van der Waals surface area contributed by atoms with Gasteiger partial charge in [0, 0.05) is 34.1 Å². The third-order valence-electron chi connectivity index (χ3n) is 18.7. The summed E-state index contributed by atoms with van der Waals surface area (Å²) in [6, 6.07) is 115. The first-order chi connectivity index (χ1) is 40.7. The second kappa shape index (κ2) is 17.0. The second-order valence-corrected chi connectivity index (χ2v) is 22.6. The lowest BCUT2D eigenvalue weighted by molar-refractivity contribution is 0.827. The lowest BCUT2D eigenvalue weighted by Crippen LogP contribution is -2.28. The minimum Gasteiger partial charge on any atom is -0.310 e. The number of nitrogens with zero attached hydrogens (tertiary/aromatic N) is 2. The summed E-state index contributed by atoms with van der Waals surface area (Å²) in [5.41, 5.74) is 23.6. The number of benzene rings is 14. The van der Waals surface area contributed by atoms with Gasteiger partial charge in [-0.2, -0.15) is 0 Å². The summed E-state index contributed by atoms with van der Waals surface area (Å²) in [4.78, 5) is 4.94. The van der Waals surface area contributed by atoms with Crippen LogP contribution in [0.15, 0.2) is 303 Å². The smallest absolute Gasteiger partial charge is 0.0729 e. The Balaban J connectivity index is 1.01. The highest BCUT2D eigenvalue weighted by Crippen LogP contribution is 2.75. The number of anilines is 6. The Labute approximate surface area is 476 Å². The molecule has 4 aliphatic rings. The maximum atomic E-state index is 2.57. The molecule has 2 spiro atoms. The van der Waals surface area contributed by atoms with Crippen LogP contribution in [0.25, 0.3) is 76.5 Å². The van der Waals surface area contributed by atoms with Gasteiger partial charge in [0.05, 0.1) is 10.8 Å². The summed E-state index contributed by atoms with van der Waals surface area (Å²) in [5.74, 6) is 0. The van der Waals surface area contributed by atoms with Gasteiger partial charge in [-0.3, -0.25) is 0 Å². The summed E-state index contributed by atoms with van der Waals surface area (Å²) in [6.45, 7) is 0. The lowest BCUT2D eigenvalue weighted by Gasteiger charge is -2.36. The molecule has 0 fully saturated rings. The highest BCUT2D eigenvalue weighted by molar-refractivity contribution is 6.22. The quantitative estimate of drug-likeness (QED) is 0.164. The van der Waals surface area contributed by atoms with E-state index in [1.807, 2.05) is 0 Å². The van der Waals surface area contributed by atoms with Gasteiger partial charge >= 0.3 is 0 Å². The summed E-state index contributed by atoms with van der Waals surface area (Å²) in [7, 11) is 0. The normalized spacial score (nSPS) is 16.6. The molecule has 380 valence electrons. The van der Waals surface area contributed by atoms with Crippen LogP contribution in [-0.4, -0.2) is 0 Å². The fraction of sp³-hybridized carbons (Fsp3) is 0.0250. The Hall–Kier alpha value is -10.5. The Morgan fingerprint density at radius 1 is 0.195 bits per heavy atom. The van der Waals surface area contributed by atoms with Gasteiger partial charge in [0.2, 0.25) is 0 Å². The zero-order chi connectivity index (χ0) is 53.7. The highest BCUT2D eigenvalue weighted by atomic mass is 15.1. The molecule has 0 aliphatic heterocycles. The summed E-state index contributed by atoms with van der Waals surface area (Å²) in [5, 5.41) is 9.90. The monoisotopic (exact) mass is 1040 g/mol. The molecule has 14 aromatic carbocycles. The molecule has 0 bridgehead atoms. The maximum Gasteiger partial charge on any atom is 0.0729 e. The molecule has 0 amide bonds. The zero-order valence-corrected chi connectivity index (χ0v) is 44.8. The van der Waals surface area contributed by atoms with E-state index in [0.29, 0.717) is 0 Å². The van der Waals surface area contributed by atoms with Crippen molar-refractivity contribution in [3.63, 3.8) is 0 Å². The number of hydrogen-bond donors (Lipinski definition) is 0. The van der Waals surface area contributed by atoms with E-state index in [1.54, 1.807) is 0 Å².